The molecule has 19 heavy (non-hydrogen) atoms. The van der Waals surface area contributed by atoms with Crippen LogP contribution in [0.5, 0.6) is 0 Å². The van der Waals surface area contributed by atoms with Gasteiger partial charge in [0.25, 0.3) is 0 Å². The van der Waals surface area contributed by atoms with E-state index in [1.54, 1.807) is 0 Å². The smallest absolute Gasteiger partial charge is 0.396 e. The number of nitrogens with two attached hydrogens (primary N) is 1. The molecule has 0 aliphatic carbocycles. The molecule has 0 saturated carbocycles. The quantitative estimate of drug-likeness (QED) is 0.610. The van der Waals surface area contributed by atoms with Gasteiger partial charge in [0.05, 0.1) is 11.3 Å². The molecule has 2 aromatic carbocycles. The Hall–Kier alpha value is -2.11. The molecule has 2 rings (SSSR count). The Morgan fingerprint density at radius 3 is 1.95 bits per heavy atom. The van der Waals surface area contributed by atoms with Gasteiger partial charge in [-0.2, -0.15) is 13.2 Å². The molecule has 100 valence electrons. The second-order valence-electron chi connectivity index (χ2n) is 3.93. The summed E-state index contributed by atoms with van der Waals surface area (Å²) in [6.07, 6.45) is -4.46. The second-order valence-corrected chi connectivity index (χ2v) is 3.93. The van der Waals surface area contributed by atoms with Crippen LogP contribution >= 0.6 is 0 Å². The van der Waals surface area contributed by atoms with Crippen molar-refractivity contribution < 1.29 is 22.0 Å². The van der Waals surface area contributed by atoms with E-state index in [4.69, 9.17) is 5.73 Å². The molecule has 0 aliphatic heterocycles. The fourth-order valence-corrected chi connectivity index (χ4v) is 1.63. The first-order chi connectivity index (χ1) is 8.79. The van der Waals surface area contributed by atoms with Crippen LogP contribution in [0.4, 0.5) is 27.6 Å². The van der Waals surface area contributed by atoms with Crippen molar-refractivity contribution in [1.29, 1.82) is 0 Å². The number of halogens is 5. The van der Waals surface area contributed by atoms with Crippen LogP contribution in [0, 0.1) is 11.6 Å². The first-order valence-electron chi connectivity index (χ1n) is 5.21. The van der Waals surface area contributed by atoms with Crippen molar-refractivity contribution >= 4 is 5.69 Å². The van der Waals surface area contributed by atoms with Crippen molar-refractivity contribution in [3.8, 4) is 11.1 Å². The Balaban J connectivity index is 2.46. The van der Waals surface area contributed by atoms with E-state index < -0.39 is 23.4 Å². The molecule has 0 saturated heterocycles. The normalized spacial score (nSPS) is 11.6. The molecule has 2 N–H and O–H groups in total. The third-order valence-electron chi connectivity index (χ3n) is 2.61. The van der Waals surface area contributed by atoms with Crippen molar-refractivity contribution in [2.45, 2.75) is 6.18 Å². The first-order valence-corrected chi connectivity index (χ1v) is 5.21. The van der Waals surface area contributed by atoms with Crippen LogP contribution in [0.1, 0.15) is 5.56 Å². The SMILES string of the molecule is Nc1cc(-c2ccc(C(F)(F)F)cc2)c(F)cc1F. The lowest BCUT2D eigenvalue weighted by Gasteiger charge is -2.09. The molecule has 1 nitrogen and oxygen atoms in total. The number of benzene rings is 2. The largest absolute Gasteiger partial charge is 0.416 e. The van der Waals surface area contributed by atoms with E-state index in [1.165, 1.54) is 0 Å². The first kappa shape index (κ1) is 13.3. The molecular weight excluding hydrogens is 265 g/mol. The van der Waals surface area contributed by atoms with Gasteiger partial charge in [0, 0.05) is 11.6 Å². The summed E-state index contributed by atoms with van der Waals surface area (Å²) in [5, 5.41) is 0. The second kappa shape index (κ2) is 4.53. The minimum absolute atomic E-state index is 0.0485. The van der Waals surface area contributed by atoms with Crippen molar-refractivity contribution in [3.05, 3.63) is 53.6 Å². The lowest BCUT2D eigenvalue weighted by Crippen LogP contribution is -2.04. The van der Waals surface area contributed by atoms with Crippen LogP contribution in [0.2, 0.25) is 0 Å². The van der Waals surface area contributed by atoms with Crippen molar-refractivity contribution in [2.75, 3.05) is 5.73 Å². The van der Waals surface area contributed by atoms with Crippen LogP contribution < -0.4 is 5.73 Å². The summed E-state index contributed by atoms with van der Waals surface area (Å²) in [7, 11) is 0. The van der Waals surface area contributed by atoms with Crippen LogP contribution in [0.3, 0.4) is 0 Å². The zero-order valence-corrected chi connectivity index (χ0v) is 9.43. The fraction of sp³-hybridized carbons (Fsp3) is 0.0769. The zero-order valence-electron chi connectivity index (χ0n) is 9.43. The molecule has 0 heterocycles. The van der Waals surface area contributed by atoms with Gasteiger partial charge in [-0.15, -0.1) is 0 Å². The highest BCUT2D eigenvalue weighted by Crippen LogP contribution is 2.32. The zero-order chi connectivity index (χ0) is 14.2. The van der Waals surface area contributed by atoms with E-state index in [-0.39, 0.29) is 16.8 Å². The average Bonchev–Trinajstić information content (AvgIpc) is 2.33. The third kappa shape index (κ3) is 2.67. The lowest BCUT2D eigenvalue weighted by molar-refractivity contribution is -0.137. The molecule has 0 radical (unpaired) electrons. The molecule has 0 bridgehead atoms. The number of hydrogen-bond acceptors (Lipinski definition) is 1. The van der Waals surface area contributed by atoms with Crippen LogP contribution in [0.15, 0.2) is 36.4 Å². The van der Waals surface area contributed by atoms with Crippen LogP contribution in [-0.2, 0) is 6.18 Å². The average molecular weight is 273 g/mol. The number of rotatable bonds is 1. The number of alkyl halides is 3. The summed E-state index contributed by atoms with van der Waals surface area (Å²) >= 11 is 0. The predicted octanol–water partition coefficient (Wildman–Crippen LogP) is 4.23. The maximum Gasteiger partial charge on any atom is 0.416 e. The molecule has 0 atom stereocenters. The van der Waals surface area contributed by atoms with Gasteiger partial charge in [-0.05, 0) is 23.8 Å². The van der Waals surface area contributed by atoms with Crippen LogP contribution in [-0.4, -0.2) is 0 Å². The molecule has 0 amide bonds. The Morgan fingerprint density at radius 2 is 1.42 bits per heavy atom. The van der Waals surface area contributed by atoms with Crippen molar-refractivity contribution in [2.24, 2.45) is 0 Å². The van der Waals surface area contributed by atoms with Gasteiger partial charge in [0.2, 0.25) is 0 Å². The number of anilines is 1. The van der Waals surface area contributed by atoms with E-state index in [1.807, 2.05) is 0 Å². The molecule has 0 fully saturated rings. The summed E-state index contributed by atoms with van der Waals surface area (Å²) in [6, 6.07) is 5.52. The van der Waals surface area contributed by atoms with Crippen molar-refractivity contribution in [1.82, 2.24) is 0 Å². The van der Waals surface area contributed by atoms with Gasteiger partial charge in [-0.1, -0.05) is 12.1 Å². The molecular formula is C13H8F5N. The topological polar surface area (TPSA) is 26.0 Å². The minimum atomic E-state index is -4.46. The highest BCUT2D eigenvalue weighted by atomic mass is 19.4. The minimum Gasteiger partial charge on any atom is -0.396 e. The monoisotopic (exact) mass is 273 g/mol. The number of nitrogen functional groups attached to an aromatic ring is 1. The van der Waals surface area contributed by atoms with Gasteiger partial charge in [-0.3, -0.25) is 0 Å². The Bertz CT molecular complexity index is 602. The van der Waals surface area contributed by atoms with E-state index in [2.05, 4.69) is 0 Å². The molecule has 6 heteroatoms. The molecule has 2 aromatic rings. The van der Waals surface area contributed by atoms with E-state index in [9.17, 15) is 22.0 Å². The van der Waals surface area contributed by atoms with Gasteiger partial charge >= 0.3 is 6.18 Å². The molecule has 0 spiro atoms. The Morgan fingerprint density at radius 1 is 0.842 bits per heavy atom. The standard InChI is InChI=1S/C13H8F5N/c14-10-6-11(15)12(19)5-9(10)7-1-3-8(4-2-7)13(16,17)18/h1-6H,19H2. The lowest BCUT2D eigenvalue weighted by atomic mass is 10.0. The molecule has 0 aromatic heterocycles. The summed E-state index contributed by atoms with van der Waals surface area (Å²) in [6.45, 7) is 0. The summed E-state index contributed by atoms with van der Waals surface area (Å²) in [5.74, 6) is -1.79. The summed E-state index contributed by atoms with van der Waals surface area (Å²) < 4.78 is 63.6. The summed E-state index contributed by atoms with van der Waals surface area (Å²) in [4.78, 5) is 0. The van der Waals surface area contributed by atoms with E-state index in [0.29, 0.717) is 6.07 Å². The van der Waals surface area contributed by atoms with Gasteiger partial charge in [0.1, 0.15) is 11.6 Å². The van der Waals surface area contributed by atoms with Gasteiger partial charge in [0.15, 0.2) is 0 Å². The number of hydrogen-bond donors (Lipinski definition) is 1. The molecule has 0 aliphatic rings. The Kier molecular flexibility index (Phi) is 3.18. The third-order valence-corrected chi connectivity index (χ3v) is 2.61. The highest BCUT2D eigenvalue weighted by Gasteiger charge is 2.30. The maximum atomic E-state index is 13.5. The van der Waals surface area contributed by atoms with Gasteiger partial charge < -0.3 is 5.73 Å². The van der Waals surface area contributed by atoms with Crippen molar-refractivity contribution in [3.63, 3.8) is 0 Å². The highest BCUT2D eigenvalue weighted by molar-refractivity contribution is 5.68. The molecule has 0 unspecified atom stereocenters. The maximum absolute atomic E-state index is 13.5. The van der Waals surface area contributed by atoms with E-state index >= 15 is 0 Å². The predicted molar refractivity (Wildman–Crippen MR) is 61.2 cm³/mol. The van der Waals surface area contributed by atoms with E-state index in [0.717, 1.165) is 30.3 Å². The van der Waals surface area contributed by atoms with Gasteiger partial charge in [-0.25, -0.2) is 8.78 Å². The Labute approximate surface area is 105 Å². The fourth-order valence-electron chi connectivity index (χ4n) is 1.63. The van der Waals surface area contributed by atoms with Crippen LogP contribution in [0.25, 0.3) is 11.1 Å². The summed E-state index contributed by atoms with van der Waals surface area (Å²) in [5.41, 5.74) is 4.34.